The molecule has 0 aliphatic rings. The monoisotopic (exact) mass is 266 g/mol. The van der Waals surface area contributed by atoms with Crippen LogP contribution in [0.25, 0.3) is 0 Å². The molecule has 6 nitrogen and oxygen atoms in total. The Morgan fingerprint density at radius 1 is 1.58 bits per heavy atom. The van der Waals surface area contributed by atoms with Gasteiger partial charge in [-0.2, -0.15) is 0 Å². The highest BCUT2D eigenvalue weighted by Gasteiger charge is 2.16. The molecule has 1 rings (SSSR count). The van der Waals surface area contributed by atoms with E-state index in [-0.39, 0.29) is 18.1 Å². The Hall–Kier alpha value is -2.08. The standard InChI is InChI=1S/C13H18N2O4/c1-3-6-14(8-9-19-2)12(16)10-15-7-4-5-11(15)13(17)18/h3-5,7H,1,6,8-10H2,2H3,(H,17,18). The first-order valence-electron chi connectivity index (χ1n) is 5.86. The van der Waals surface area contributed by atoms with Crippen LogP contribution in [0.2, 0.25) is 0 Å². The minimum atomic E-state index is -1.05. The van der Waals surface area contributed by atoms with Crippen LogP contribution in [-0.4, -0.2) is 53.3 Å². The van der Waals surface area contributed by atoms with Crippen molar-refractivity contribution in [2.45, 2.75) is 6.54 Å². The summed E-state index contributed by atoms with van der Waals surface area (Å²) >= 11 is 0. The maximum atomic E-state index is 12.1. The molecule has 1 aromatic rings. The fraction of sp³-hybridized carbons (Fsp3) is 0.385. The first-order chi connectivity index (χ1) is 9.10. The number of methoxy groups -OCH3 is 1. The van der Waals surface area contributed by atoms with Crippen molar-refractivity contribution in [1.29, 1.82) is 0 Å². The molecule has 1 aromatic heterocycles. The van der Waals surface area contributed by atoms with Gasteiger partial charge in [0.05, 0.1) is 6.61 Å². The van der Waals surface area contributed by atoms with Crippen LogP contribution in [0, 0.1) is 0 Å². The highest BCUT2D eigenvalue weighted by molar-refractivity contribution is 5.86. The number of carboxylic acids is 1. The fourth-order valence-corrected chi connectivity index (χ4v) is 1.67. The number of ether oxygens (including phenoxy) is 1. The Balaban J connectivity index is 2.72. The Morgan fingerprint density at radius 3 is 2.89 bits per heavy atom. The van der Waals surface area contributed by atoms with Crippen LogP contribution in [0.3, 0.4) is 0 Å². The molecule has 0 saturated heterocycles. The predicted octanol–water partition coefficient (Wildman–Crippen LogP) is 0.847. The van der Waals surface area contributed by atoms with Crippen LogP contribution in [0.4, 0.5) is 0 Å². The molecular formula is C13H18N2O4. The highest BCUT2D eigenvalue weighted by atomic mass is 16.5. The van der Waals surface area contributed by atoms with Crippen LogP contribution < -0.4 is 0 Å². The number of hydrogen-bond donors (Lipinski definition) is 1. The van der Waals surface area contributed by atoms with Crippen LogP contribution in [-0.2, 0) is 16.1 Å². The van der Waals surface area contributed by atoms with E-state index in [4.69, 9.17) is 9.84 Å². The van der Waals surface area contributed by atoms with E-state index in [9.17, 15) is 9.59 Å². The summed E-state index contributed by atoms with van der Waals surface area (Å²) in [5.41, 5.74) is 0.0960. The Morgan fingerprint density at radius 2 is 2.32 bits per heavy atom. The van der Waals surface area contributed by atoms with Crippen molar-refractivity contribution in [3.8, 4) is 0 Å². The van der Waals surface area contributed by atoms with E-state index in [0.717, 1.165) is 0 Å². The molecule has 1 amide bonds. The van der Waals surface area contributed by atoms with Gasteiger partial charge in [0.15, 0.2) is 0 Å². The van der Waals surface area contributed by atoms with E-state index in [2.05, 4.69) is 6.58 Å². The number of nitrogens with zero attached hydrogens (tertiary/aromatic N) is 2. The first kappa shape index (κ1) is 15.0. The van der Waals surface area contributed by atoms with Gasteiger partial charge in [-0.05, 0) is 12.1 Å². The number of carbonyl (C=O) groups is 2. The maximum Gasteiger partial charge on any atom is 0.352 e. The quantitative estimate of drug-likeness (QED) is 0.708. The number of aromatic carboxylic acids is 1. The van der Waals surface area contributed by atoms with Gasteiger partial charge in [0, 0.05) is 26.4 Å². The zero-order chi connectivity index (χ0) is 14.3. The Labute approximate surface area is 111 Å². The second kappa shape index (κ2) is 7.38. The van der Waals surface area contributed by atoms with E-state index in [1.165, 1.54) is 10.6 Å². The summed E-state index contributed by atoms with van der Waals surface area (Å²) in [6.07, 6.45) is 3.20. The lowest BCUT2D eigenvalue weighted by Gasteiger charge is -2.21. The van der Waals surface area contributed by atoms with E-state index < -0.39 is 5.97 Å². The van der Waals surface area contributed by atoms with Crippen LogP contribution in [0.5, 0.6) is 0 Å². The minimum absolute atomic E-state index is 0.00775. The van der Waals surface area contributed by atoms with Gasteiger partial charge >= 0.3 is 5.97 Å². The second-order valence-corrected chi connectivity index (χ2v) is 3.95. The lowest BCUT2D eigenvalue weighted by Crippen LogP contribution is -2.36. The second-order valence-electron chi connectivity index (χ2n) is 3.95. The Kier molecular flexibility index (Phi) is 5.81. The smallest absolute Gasteiger partial charge is 0.352 e. The molecule has 0 spiro atoms. The van der Waals surface area contributed by atoms with E-state index in [1.54, 1.807) is 30.3 Å². The third kappa shape index (κ3) is 4.26. The van der Waals surface area contributed by atoms with Crippen molar-refractivity contribution >= 4 is 11.9 Å². The zero-order valence-electron chi connectivity index (χ0n) is 10.9. The summed E-state index contributed by atoms with van der Waals surface area (Å²) in [5.74, 6) is -1.22. The molecule has 19 heavy (non-hydrogen) atoms. The molecule has 0 bridgehead atoms. The van der Waals surface area contributed by atoms with Crippen molar-refractivity contribution in [3.05, 3.63) is 36.7 Å². The number of amides is 1. The summed E-state index contributed by atoms with van der Waals surface area (Å²) in [6, 6.07) is 3.06. The lowest BCUT2D eigenvalue weighted by atomic mass is 10.4. The van der Waals surface area contributed by atoms with E-state index in [1.807, 2.05) is 0 Å². The van der Waals surface area contributed by atoms with Gasteiger partial charge in [-0.15, -0.1) is 6.58 Å². The number of hydrogen-bond acceptors (Lipinski definition) is 3. The SMILES string of the molecule is C=CCN(CCOC)C(=O)Cn1cccc1C(=O)O. The molecule has 0 saturated carbocycles. The molecule has 0 radical (unpaired) electrons. The molecular weight excluding hydrogens is 248 g/mol. The number of rotatable bonds is 8. The summed E-state index contributed by atoms with van der Waals surface area (Å²) in [7, 11) is 1.56. The van der Waals surface area contributed by atoms with Crippen LogP contribution in [0.15, 0.2) is 31.0 Å². The number of aromatic nitrogens is 1. The van der Waals surface area contributed by atoms with Gasteiger partial charge in [-0.1, -0.05) is 6.08 Å². The van der Waals surface area contributed by atoms with Gasteiger partial charge in [0.1, 0.15) is 12.2 Å². The van der Waals surface area contributed by atoms with Crippen molar-refractivity contribution < 1.29 is 19.4 Å². The predicted molar refractivity (Wildman–Crippen MR) is 70.0 cm³/mol. The molecule has 1 N–H and O–H groups in total. The molecule has 0 aliphatic heterocycles. The summed E-state index contributed by atoms with van der Waals surface area (Å²) in [5, 5.41) is 8.97. The third-order valence-electron chi connectivity index (χ3n) is 2.62. The molecule has 104 valence electrons. The number of carbonyl (C=O) groups excluding carboxylic acids is 1. The highest BCUT2D eigenvalue weighted by Crippen LogP contribution is 2.04. The molecule has 0 aliphatic carbocycles. The van der Waals surface area contributed by atoms with E-state index >= 15 is 0 Å². The molecule has 0 aromatic carbocycles. The van der Waals surface area contributed by atoms with Crippen molar-refractivity contribution in [2.24, 2.45) is 0 Å². The van der Waals surface area contributed by atoms with Gasteiger partial charge < -0.3 is 19.3 Å². The molecule has 0 fully saturated rings. The average Bonchev–Trinajstić information content (AvgIpc) is 2.82. The van der Waals surface area contributed by atoms with Crippen molar-refractivity contribution in [2.75, 3.05) is 26.8 Å². The third-order valence-corrected chi connectivity index (χ3v) is 2.62. The molecule has 0 unspecified atom stereocenters. The topological polar surface area (TPSA) is 71.8 Å². The van der Waals surface area contributed by atoms with Gasteiger partial charge in [0.2, 0.25) is 5.91 Å². The normalized spacial score (nSPS) is 10.2. The maximum absolute atomic E-state index is 12.1. The van der Waals surface area contributed by atoms with E-state index in [0.29, 0.717) is 19.7 Å². The first-order valence-corrected chi connectivity index (χ1v) is 5.86. The van der Waals surface area contributed by atoms with Gasteiger partial charge in [-0.25, -0.2) is 4.79 Å². The Bertz CT molecular complexity index is 453. The average molecular weight is 266 g/mol. The largest absolute Gasteiger partial charge is 0.477 e. The minimum Gasteiger partial charge on any atom is -0.477 e. The van der Waals surface area contributed by atoms with Crippen LogP contribution >= 0.6 is 0 Å². The lowest BCUT2D eigenvalue weighted by molar-refractivity contribution is -0.131. The molecule has 6 heteroatoms. The zero-order valence-corrected chi connectivity index (χ0v) is 10.9. The fourth-order valence-electron chi connectivity index (χ4n) is 1.67. The molecule has 0 atom stereocenters. The number of carboxylic acid groups (broad SMARTS) is 1. The summed E-state index contributed by atoms with van der Waals surface area (Å²) < 4.78 is 6.35. The van der Waals surface area contributed by atoms with Crippen molar-refractivity contribution in [1.82, 2.24) is 9.47 Å². The summed E-state index contributed by atoms with van der Waals surface area (Å²) in [6.45, 7) is 4.88. The van der Waals surface area contributed by atoms with Crippen molar-refractivity contribution in [3.63, 3.8) is 0 Å². The van der Waals surface area contributed by atoms with Gasteiger partial charge in [0.25, 0.3) is 0 Å². The molecule has 1 heterocycles. The summed E-state index contributed by atoms with van der Waals surface area (Å²) in [4.78, 5) is 24.6. The van der Waals surface area contributed by atoms with Crippen LogP contribution in [0.1, 0.15) is 10.5 Å². The van der Waals surface area contributed by atoms with Gasteiger partial charge in [-0.3, -0.25) is 4.79 Å².